The molecule has 0 saturated carbocycles. The molecule has 1 aliphatic heterocycles. The molecule has 1 aliphatic rings. The Bertz CT molecular complexity index is 1090. The van der Waals surface area contributed by atoms with Gasteiger partial charge in [-0.05, 0) is 24.6 Å². The number of hydrogen-bond donors (Lipinski definition) is 2. The number of nitrogens with zero attached hydrogens (tertiary/aromatic N) is 1. The molecule has 2 aromatic rings. The maximum Gasteiger partial charge on any atom is 0.416 e. The molecule has 0 radical (unpaired) electrons. The van der Waals surface area contributed by atoms with E-state index < -0.39 is 33.7 Å². The van der Waals surface area contributed by atoms with Gasteiger partial charge in [-0.25, -0.2) is 13.1 Å². The Labute approximate surface area is 165 Å². The van der Waals surface area contributed by atoms with Crippen LogP contribution in [-0.4, -0.2) is 31.5 Å². The standard InChI is InChI=1S/C18H18F3N3O4S/c1-4-11-9-28-16-14(29(26,27)23-11)8-24(3)15(16)17(25)22-12-6-5-10(2)13(7-12)18(19,20)21/h4-8,11,23H,1,9H2,2-3H3,(H,22,25)/t11-/m0/s1. The van der Waals surface area contributed by atoms with Crippen LogP contribution in [0, 0.1) is 6.92 Å². The zero-order valence-corrected chi connectivity index (χ0v) is 16.3. The summed E-state index contributed by atoms with van der Waals surface area (Å²) in [5.74, 6) is -0.983. The van der Waals surface area contributed by atoms with Crippen LogP contribution in [0.5, 0.6) is 5.75 Å². The quantitative estimate of drug-likeness (QED) is 0.735. The van der Waals surface area contributed by atoms with Gasteiger partial charge in [0.05, 0.1) is 11.6 Å². The molecular formula is C18H18F3N3O4S. The lowest BCUT2D eigenvalue weighted by Crippen LogP contribution is -2.35. The summed E-state index contributed by atoms with van der Waals surface area (Å²) in [4.78, 5) is 12.5. The number of benzene rings is 1. The first-order valence-corrected chi connectivity index (χ1v) is 9.88. The highest BCUT2D eigenvalue weighted by atomic mass is 32.2. The van der Waals surface area contributed by atoms with Crippen LogP contribution in [0.4, 0.5) is 18.9 Å². The van der Waals surface area contributed by atoms with E-state index in [0.717, 1.165) is 6.07 Å². The van der Waals surface area contributed by atoms with Crippen LogP contribution < -0.4 is 14.8 Å². The van der Waals surface area contributed by atoms with Crippen LogP contribution in [0.2, 0.25) is 0 Å². The molecule has 0 spiro atoms. The van der Waals surface area contributed by atoms with Gasteiger partial charge in [0.15, 0.2) is 11.4 Å². The summed E-state index contributed by atoms with van der Waals surface area (Å²) in [6, 6.07) is 2.70. The second-order valence-electron chi connectivity index (χ2n) is 6.54. The van der Waals surface area contributed by atoms with Crippen LogP contribution in [0.1, 0.15) is 21.6 Å². The molecule has 7 nitrogen and oxygen atoms in total. The van der Waals surface area contributed by atoms with Crippen LogP contribution >= 0.6 is 0 Å². The number of aromatic nitrogens is 1. The average molecular weight is 429 g/mol. The van der Waals surface area contributed by atoms with Crippen molar-refractivity contribution in [3.05, 3.63) is 53.9 Å². The fourth-order valence-electron chi connectivity index (χ4n) is 2.95. The molecule has 1 aromatic heterocycles. The predicted molar refractivity (Wildman–Crippen MR) is 99.3 cm³/mol. The third kappa shape index (κ3) is 4.01. The number of sulfonamides is 1. The van der Waals surface area contributed by atoms with Crippen molar-refractivity contribution < 1.29 is 31.1 Å². The lowest BCUT2D eigenvalue weighted by atomic mass is 10.1. The van der Waals surface area contributed by atoms with E-state index in [1.165, 1.54) is 42.9 Å². The van der Waals surface area contributed by atoms with Gasteiger partial charge in [-0.15, -0.1) is 6.58 Å². The molecule has 0 unspecified atom stereocenters. The largest absolute Gasteiger partial charge is 0.488 e. The second kappa shape index (κ2) is 7.23. The van der Waals surface area contributed by atoms with Crippen molar-refractivity contribution >= 4 is 21.6 Å². The molecular weight excluding hydrogens is 411 g/mol. The Morgan fingerprint density at radius 3 is 2.72 bits per heavy atom. The molecule has 1 amide bonds. The smallest absolute Gasteiger partial charge is 0.416 e. The molecule has 2 heterocycles. The number of aryl methyl sites for hydroxylation is 2. The number of carbonyl (C=O) groups excluding carboxylic acids is 1. The Morgan fingerprint density at radius 1 is 1.41 bits per heavy atom. The van der Waals surface area contributed by atoms with Gasteiger partial charge in [0, 0.05) is 18.9 Å². The lowest BCUT2D eigenvalue weighted by Gasteiger charge is -2.14. The molecule has 0 fully saturated rings. The van der Waals surface area contributed by atoms with Crippen LogP contribution in [-0.2, 0) is 23.2 Å². The number of halogens is 3. The number of carbonyl (C=O) groups is 1. The van der Waals surface area contributed by atoms with E-state index in [2.05, 4.69) is 16.6 Å². The molecule has 0 aliphatic carbocycles. The van der Waals surface area contributed by atoms with Crippen molar-refractivity contribution in [1.82, 2.24) is 9.29 Å². The molecule has 29 heavy (non-hydrogen) atoms. The Kier molecular flexibility index (Phi) is 5.22. The molecule has 2 N–H and O–H groups in total. The third-order valence-electron chi connectivity index (χ3n) is 4.41. The number of alkyl halides is 3. The molecule has 11 heteroatoms. The van der Waals surface area contributed by atoms with Gasteiger partial charge in [-0.3, -0.25) is 4.79 Å². The first kappa shape index (κ1) is 20.9. The predicted octanol–water partition coefficient (Wildman–Crippen LogP) is 2.83. The fraction of sp³-hybridized carbons (Fsp3) is 0.278. The summed E-state index contributed by atoms with van der Waals surface area (Å²) in [6.45, 7) is 4.74. The van der Waals surface area contributed by atoms with E-state index >= 15 is 0 Å². The van der Waals surface area contributed by atoms with E-state index in [-0.39, 0.29) is 34.2 Å². The summed E-state index contributed by atoms with van der Waals surface area (Å²) in [7, 11) is -2.54. The molecule has 156 valence electrons. The number of hydrogen-bond acceptors (Lipinski definition) is 4. The molecule has 1 aromatic carbocycles. The first-order chi connectivity index (χ1) is 13.4. The minimum absolute atomic E-state index is 0.0131. The molecule has 1 atom stereocenters. The highest BCUT2D eigenvalue weighted by Gasteiger charge is 2.35. The van der Waals surface area contributed by atoms with Gasteiger partial charge in [0.1, 0.15) is 11.5 Å². The van der Waals surface area contributed by atoms with E-state index in [0.29, 0.717) is 0 Å². The third-order valence-corrected chi connectivity index (χ3v) is 5.89. The van der Waals surface area contributed by atoms with Crippen molar-refractivity contribution in [2.24, 2.45) is 7.05 Å². The zero-order chi connectivity index (χ0) is 21.6. The summed E-state index contributed by atoms with van der Waals surface area (Å²) < 4.78 is 73.5. The zero-order valence-electron chi connectivity index (χ0n) is 15.5. The van der Waals surface area contributed by atoms with E-state index in [4.69, 9.17) is 4.74 Å². The minimum atomic E-state index is -4.57. The minimum Gasteiger partial charge on any atom is -0.488 e. The van der Waals surface area contributed by atoms with Gasteiger partial charge >= 0.3 is 6.18 Å². The first-order valence-electron chi connectivity index (χ1n) is 8.40. The maximum absolute atomic E-state index is 13.1. The second-order valence-corrected chi connectivity index (χ2v) is 8.22. The van der Waals surface area contributed by atoms with Crippen LogP contribution in [0.3, 0.4) is 0 Å². The normalized spacial score (nSPS) is 18.3. The number of fused-ring (bicyclic) bond motifs is 1. The van der Waals surface area contributed by atoms with Gasteiger partial charge < -0.3 is 14.6 Å². The molecule has 3 rings (SSSR count). The van der Waals surface area contributed by atoms with Gasteiger partial charge in [0.2, 0.25) is 10.0 Å². The van der Waals surface area contributed by atoms with E-state index in [9.17, 15) is 26.4 Å². The molecule has 0 saturated heterocycles. The average Bonchev–Trinajstić information content (AvgIpc) is 2.90. The van der Waals surface area contributed by atoms with Crippen molar-refractivity contribution in [2.45, 2.75) is 24.0 Å². The maximum atomic E-state index is 13.1. The monoisotopic (exact) mass is 429 g/mol. The Balaban J connectivity index is 1.99. The van der Waals surface area contributed by atoms with Crippen LogP contribution in [0.25, 0.3) is 0 Å². The SMILES string of the molecule is C=C[C@H]1COc2c(cn(C)c2C(=O)Nc2ccc(C)c(C(F)(F)F)c2)S(=O)(=O)N1. The fourth-order valence-corrected chi connectivity index (χ4v) is 4.34. The van der Waals surface area contributed by atoms with Crippen molar-refractivity contribution in [3.63, 3.8) is 0 Å². The summed E-state index contributed by atoms with van der Waals surface area (Å²) >= 11 is 0. The molecule has 0 bridgehead atoms. The summed E-state index contributed by atoms with van der Waals surface area (Å²) in [5, 5.41) is 2.37. The van der Waals surface area contributed by atoms with Gasteiger partial charge in [-0.1, -0.05) is 12.1 Å². The number of rotatable bonds is 3. The van der Waals surface area contributed by atoms with Crippen molar-refractivity contribution in [3.8, 4) is 5.75 Å². The number of amides is 1. The van der Waals surface area contributed by atoms with Crippen molar-refractivity contribution in [1.29, 1.82) is 0 Å². The number of nitrogens with one attached hydrogen (secondary N) is 2. The van der Waals surface area contributed by atoms with E-state index in [1.54, 1.807) is 0 Å². The van der Waals surface area contributed by atoms with Crippen LogP contribution in [0.15, 0.2) is 41.9 Å². The summed E-state index contributed by atoms with van der Waals surface area (Å²) in [5.41, 5.74) is -1.08. The Hall–Kier alpha value is -2.79. The highest BCUT2D eigenvalue weighted by Crippen LogP contribution is 2.35. The van der Waals surface area contributed by atoms with E-state index in [1.807, 2.05) is 0 Å². The summed E-state index contributed by atoms with van der Waals surface area (Å²) in [6.07, 6.45) is -2.02. The van der Waals surface area contributed by atoms with Gasteiger partial charge in [-0.2, -0.15) is 13.2 Å². The van der Waals surface area contributed by atoms with Gasteiger partial charge in [0.25, 0.3) is 5.91 Å². The highest BCUT2D eigenvalue weighted by molar-refractivity contribution is 7.89. The lowest BCUT2D eigenvalue weighted by molar-refractivity contribution is -0.138. The number of ether oxygens (including phenoxy) is 1. The Morgan fingerprint density at radius 2 is 2.10 bits per heavy atom. The van der Waals surface area contributed by atoms with Crippen molar-refractivity contribution in [2.75, 3.05) is 11.9 Å². The topological polar surface area (TPSA) is 89.4 Å². The number of anilines is 1.